The first-order valence-electron chi connectivity index (χ1n) is 6.93. The van der Waals surface area contributed by atoms with E-state index in [1.165, 1.54) is 25.0 Å². The van der Waals surface area contributed by atoms with Gasteiger partial charge in [0.05, 0.1) is 0 Å². The van der Waals surface area contributed by atoms with Crippen LogP contribution < -0.4 is 10.1 Å². The first-order chi connectivity index (χ1) is 10.1. The Bertz CT molecular complexity index is 638. The normalized spacial score (nSPS) is 14.2. The number of hydrogen-bond donors (Lipinski definition) is 1. The molecule has 21 heavy (non-hydrogen) atoms. The summed E-state index contributed by atoms with van der Waals surface area (Å²) in [7, 11) is 0. The van der Waals surface area contributed by atoms with Gasteiger partial charge < -0.3 is 10.1 Å². The third-order valence-corrected chi connectivity index (χ3v) is 3.68. The minimum absolute atomic E-state index is 0.345. The number of hydrogen-bond acceptors (Lipinski definition) is 3. The smallest absolute Gasteiger partial charge is 0.219 e. The fraction of sp³-hybridized carbons (Fsp3) is 0.312. The standard InChI is InChI=1S/C16H16BrFN2O/c1-10-4-11(9-19-14-2-3-14)5-16(20-10)21-15-7-12(17)6-13(18)8-15/h4-8,14,19H,2-3,9H2,1H3. The lowest BCUT2D eigenvalue weighted by atomic mass is 10.2. The summed E-state index contributed by atoms with van der Waals surface area (Å²) in [6.07, 6.45) is 2.51. The first-order valence-corrected chi connectivity index (χ1v) is 7.73. The Morgan fingerprint density at radius 2 is 2.10 bits per heavy atom. The molecule has 1 aliphatic carbocycles. The summed E-state index contributed by atoms with van der Waals surface area (Å²) in [5, 5.41) is 3.46. The number of aryl methyl sites for hydroxylation is 1. The molecule has 1 N–H and O–H groups in total. The molecule has 0 spiro atoms. The molecule has 1 heterocycles. The predicted octanol–water partition coefficient (Wildman–Crippen LogP) is 4.34. The van der Waals surface area contributed by atoms with Crippen molar-refractivity contribution in [1.82, 2.24) is 10.3 Å². The van der Waals surface area contributed by atoms with E-state index in [1.807, 2.05) is 19.1 Å². The monoisotopic (exact) mass is 350 g/mol. The van der Waals surface area contributed by atoms with Crippen LogP contribution in [0.1, 0.15) is 24.1 Å². The molecule has 0 bridgehead atoms. The van der Waals surface area contributed by atoms with Crippen molar-refractivity contribution in [1.29, 1.82) is 0 Å². The molecule has 5 heteroatoms. The van der Waals surface area contributed by atoms with Crippen LogP contribution in [0.5, 0.6) is 11.6 Å². The lowest BCUT2D eigenvalue weighted by Gasteiger charge is -2.09. The van der Waals surface area contributed by atoms with Gasteiger partial charge in [-0.3, -0.25) is 0 Å². The average molecular weight is 351 g/mol. The lowest BCUT2D eigenvalue weighted by molar-refractivity contribution is 0.455. The van der Waals surface area contributed by atoms with Gasteiger partial charge in [-0.05, 0) is 43.5 Å². The molecule has 3 nitrogen and oxygen atoms in total. The maximum atomic E-state index is 13.4. The van der Waals surface area contributed by atoms with E-state index in [-0.39, 0.29) is 5.82 Å². The van der Waals surface area contributed by atoms with Gasteiger partial charge in [0, 0.05) is 34.9 Å². The van der Waals surface area contributed by atoms with Crippen molar-refractivity contribution in [3.8, 4) is 11.6 Å². The highest BCUT2D eigenvalue weighted by molar-refractivity contribution is 9.10. The van der Waals surface area contributed by atoms with Crippen LogP contribution in [0.3, 0.4) is 0 Å². The molecule has 1 aromatic carbocycles. The summed E-state index contributed by atoms with van der Waals surface area (Å²) in [6.45, 7) is 2.73. The van der Waals surface area contributed by atoms with E-state index in [0.29, 0.717) is 22.1 Å². The van der Waals surface area contributed by atoms with Gasteiger partial charge >= 0.3 is 0 Å². The van der Waals surface area contributed by atoms with Crippen LogP contribution in [-0.2, 0) is 6.54 Å². The Balaban J connectivity index is 1.76. The van der Waals surface area contributed by atoms with E-state index in [1.54, 1.807) is 6.07 Å². The molecule has 110 valence electrons. The zero-order valence-corrected chi connectivity index (χ0v) is 13.3. The number of pyridine rings is 1. The van der Waals surface area contributed by atoms with Gasteiger partial charge in [0.15, 0.2) is 0 Å². The van der Waals surface area contributed by atoms with Crippen molar-refractivity contribution < 1.29 is 9.13 Å². The lowest BCUT2D eigenvalue weighted by Crippen LogP contribution is -2.15. The second-order valence-electron chi connectivity index (χ2n) is 5.32. The second kappa shape index (κ2) is 6.12. The van der Waals surface area contributed by atoms with Crippen molar-refractivity contribution in [3.63, 3.8) is 0 Å². The highest BCUT2D eigenvalue weighted by atomic mass is 79.9. The summed E-state index contributed by atoms with van der Waals surface area (Å²) < 4.78 is 19.7. The van der Waals surface area contributed by atoms with Crippen molar-refractivity contribution in [2.75, 3.05) is 0 Å². The molecular weight excluding hydrogens is 335 g/mol. The highest BCUT2D eigenvalue weighted by Crippen LogP contribution is 2.26. The topological polar surface area (TPSA) is 34.1 Å². The summed E-state index contributed by atoms with van der Waals surface area (Å²) >= 11 is 3.25. The van der Waals surface area contributed by atoms with E-state index >= 15 is 0 Å². The minimum Gasteiger partial charge on any atom is -0.439 e. The molecule has 0 amide bonds. The number of nitrogens with zero attached hydrogens (tertiary/aromatic N) is 1. The number of rotatable bonds is 5. The number of aromatic nitrogens is 1. The summed E-state index contributed by atoms with van der Waals surface area (Å²) in [5.74, 6) is 0.573. The molecule has 1 fully saturated rings. The molecule has 0 unspecified atom stereocenters. The van der Waals surface area contributed by atoms with Gasteiger partial charge in [0.2, 0.25) is 5.88 Å². The Labute approximate surface area is 131 Å². The van der Waals surface area contributed by atoms with Gasteiger partial charge in [-0.15, -0.1) is 0 Å². The molecule has 0 radical (unpaired) electrons. The van der Waals surface area contributed by atoms with E-state index in [9.17, 15) is 4.39 Å². The SMILES string of the molecule is Cc1cc(CNC2CC2)cc(Oc2cc(F)cc(Br)c2)n1. The van der Waals surface area contributed by atoms with Crippen LogP contribution in [0.25, 0.3) is 0 Å². The fourth-order valence-corrected chi connectivity index (χ4v) is 2.56. The van der Waals surface area contributed by atoms with Gasteiger partial charge in [-0.1, -0.05) is 15.9 Å². The predicted molar refractivity (Wildman–Crippen MR) is 83.0 cm³/mol. The third-order valence-electron chi connectivity index (χ3n) is 3.22. The van der Waals surface area contributed by atoms with Crippen LogP contribution in [0.15, 0.2) is 34.8 Å². The third kappa shape index (κ3) is 4.25. The molecule has 1 saturated carbocycles. The highest BCUT2D eigenvalue weighted by Gasteiger charge is 2.20. The molecular formula is C16H16BrFN2O. The van der Waals surface area contributed by atoms with Crippen molar-refractivity contribution in [2.24, 2.45) is 0 Å². The van der Waals surface area contributed by atoms with Gasteiger partial charge in [-0.2, -0.15) is 0 Å². The van der Waals surface area contributed by atoms with Crippen LogP contribution in [0, 0.1) is 12.7 Å². The number of halogens is 2. The Morgan fingerprint density at radius 1 is 1.29 bits per heavy atom. The zero-order chi connectivity index (χ0) is 14.8. The van der Waals surface area contributed by atoms with Crippen molar-refractivity contribution >= 4 is 15.9 Å². The largest absolute Gasteiger partial charge is 0.439 e. The maximum Gasteiger partial charge on any atom is 0.219 e. The quantitative estimate of drug-likeness (QED) is 0.870. The summed E-state index contributed by atoms with van der Waals surface area (Å²) in [5.41, 5.74) is 2.01. The Kier molecular flexibility index (Phi) is 4.22. The average Bonchev–Trinajstić information content (AvgIpc) is 3.18. The summed E-state index contributed by atoms with van der Waals surface area (Å²) in [6, 6.07) is 9.03. The van der Waals surface area contributed by atoms with Crippen LogP contribution in [-0.4, -0.2) is 11.0 Å². The number of benzene rings is 1. The van der Waals surface area contributed by atoms with Crippen LogP contribution in [0.4, 0.5) is 4.39 Å². The first kappa shape index (κ1) is 14.5. The zero-order valence-electron chi connectivity index (χ0n) is 11.7. The summed E-state index contributed by atoms with van der Waals surface area (Å²) in [4.78, 5) is 4.34. The van der Waals surface area contributed by atoms with Crippen LogP contribution >= 0.6 is 15.9 Å². The molecule has 1 aromatic heterocycles. The number of ether oxygens (including phenoxy) is 1. The number of nitrogens with one attached hydrogen (secondary N) is 1. The molecule has 1 aliphatic rings. The van der Waals surface area contributed by atoms with Gasteiger partial charge in [0.1, 0.15) is 11.6 Å². The van der Waals surface area contributed by atoms with Gasteiger partial charge in [0.25, 0.3) is 0 Å². The van der Waals surface area contributed by atoms with Crippen molar-refractivity contribution in [3.05, 3.63) is 51.9 Å². The Morgan fingerprint density at radius 3 is 2.81 bits per heavy atom. The molecule has 2 aromatic rings. The van der Waals surface area contributed by atoms with E-state index < -0.39 is 0 Å². The Hall–Kier alpha value is -1.46. The second-order valence-corrected chi connectivity index (χ2v) is 6.23. The molecule has 3 rings (SSSR count). The molecule has 0 saturated heterocycles. The molecule has 0 aliphatic heterocycles. The van der Waals surface area contributed by atoms with Crippen molar-refractivity contribution in [2.45, 2.75) is 32.4 Å². The maximum absolute atomic E-state index is 13.4. The van der Waals surface area contributed by atoms with E-state index in [4.69, 9.17) is 4.74 Å². The van der Waals surface area contributed by atoms with Gasteiger partial charge in [-0.25, -0.2) is 9.37 Å². The van der Waals surface area contributed by atoms with E-state index in [2.05, 4.69) is 26.2 Å². The van der Waals surface area contributed by atoms with E-state index in [0.717, 1.165) is 17.8 Å². The fourth-order valence-electron chi connectivity index (χ4n) is 2.12. The minimum atomic E-state index is -0.345. The molecule has 0 atom stereocenters. The van der Waals surface area contributed by atoms with Crippen LogP contribution in [0.2, 0.25) is 0 Å².